The van der Waals surface area contributed by atoms with Crippen molar-refractivity contribution in [3.63, 3.8) is 0 Å². The molecule has 1 heterocycles. The molecule has 1 atom stereocenters. The van der Waals surface area contributed by atoms with Crippen LogP contribution in [0.1, 0.15) is 61.5 Å². The molecule has 0 spiro atoms. The molecule has 0 amide bonds. The van der Waals surface area contributed by atoms with Crippen LogP contribution in [-0.4, -0.2) is 10.2 Å². The molecule has 3 heteroatoms. The molecule has 0 bridgehead atoms. The molecular weight excluding hydrogens is 210 g/mol. The first kappa shape index (κ1) is 12.5. The fraction of sp³-hybridized carbons (Fsp3) is 0.714. The van der Waals surface area contributed by atoms with E-state index in [-0.39, 0.29) is 6.04 Å². The highest BCUT2D eigenvalue weighted by molar-refractivity contribution is 5.24. The zero-order valence-electron chi connectivity index (χ0n) is 10.9. The van der Waals surface area contributed by atoms with Gasteiger partial charge in [0.25, 0.3) is 0 Å². The Morgan fingerprint density at radius 3 is 2.41 bits per heavy atom. The van der Waals surface area contributed by atoms with Gasteiger partial charge in [-0.15, -0.1) is 0 Å². The van der Waals surface area contributed by atoms with E-state index in [2.05, 4.69) is 16.3 Å². The second-order valence-corrected chi connectivity index (χ2v) is 5.30. The van der Waals surface area contributed by atoms with Gasteiger partial charge in [-0.3, -0.25) is 0 Å². The highest BCUT2D eigenvalue weighted by Crippen LogP contribution is 2.32. The van der Waals surface area contributed by atoms with E-state index in [9.17, 15) is 0 Å². The lowest BCUT2D eigenvalue weighted by atomic mass is 9.87. The summed E-state index contributed by atoms with van der Waals surface area (Å²) in [6.07, 6.45) is 7.93. The molecule has 17 heavy (non-hydrogen) atoms. The maximum Gasteiger partial charge on any atom is 0.0648 e. The molecule has 1 aromatic rings. The minimum Gasteiger partial charge on any atom is -0.324 e. The van der Waals surface area contributed by atoms with E-state index in [4.69, 9.17) is 5.73 Å². The molecule has 1 unspecified atom stereocenters. The van der Waals surface area contributed by atoms with Gasteiger partial charge >= 0.3 is 0 Å². The number of aryl methyl sites for hydroxylation is 2. The first-order valence-electron chi connectivity index (χ1n) is 6.75. The third kappa shape index (κ3) is 3.03. The normalized spacial score (nSPS) is 19.9. The van der Waals surface area contributed by atoms with Crippen LogP contribution in [0.2, 0.25) is 0 Å². The van der Waals surface area contributed by atoms with Crippen LogP contribution in [0, 0.1) is 19.8 Å². The molecule has 0 aromatic carbocycles. The monoisotopic (exact) mass is 233 g/mol. The topological polar surface area (TPSA) is 51.8 Å². The maximum absolute atomic E-state index is 6.44. The second-order valence-electron chi connectivity index (χ2n) is 5.30. The van der Waals surface area contributed by atoms with E-state index in [1.165, 1.54) is 44.1 Å². The third-order valence-electron chi connectivity index (χ3n) is 3.91. The second kappa shape index (κ2) is 5.58. The Hall–Kier alpha value is -0.960. The molecule has 1 saturated carbocycles. The third-order valence-corrected chi connectivity index (χ3v) is 3.91. The lowest BCUT2D eigenvalue weighted by molar-refractivity contribution is 0.380. The van der Waals surface area contributed by atoms with Crippen LogP contribution in [-0.2, 0) is 0 Å². The lowest BCUT2D eigenvalue weighted by Gasteiger charge is -2.23. The highest BCUT2D eigenvalue weighted by Gasteiger charge is 2.22. The largest absolute Gasteiger partial charge is 0.324 e. The summed E-state index contributed by atoms with van der Waals surface area (Å²) in [6, 6.07) is 2.25. The van der Waals surface area contributed by atoms with E-state index in [1.807, 2.05) is 13.8 Å². The molecule has 1 aromatic heterocycles. The van der Waals surface area contributed by atoms with E-state index in [1.54, 1.807) is 0 Å². The van der Waals surface area contributed by atoms with Crippen molar-refractivity contribution in [3.8, 4) is 0 Å². The van der Waals surface area contributed by atoms with E-state index < -0.39 is 0 Å². The van der Waals surface area contributed by atoms with Crippen LogP contribution in [0.15, 0.2) is 6.07 Å². The van der Waals surface area contributed by atoms with Crippen LogP contribution in [0.4, 0.5) is 0 Å². The Balaban J connectivity index is 2.16. The number of aromatic nitrogens is 2. The van der Waals surface area contributed by atoms with Gasteiger partial charge in [0.2, 0.25) is 0 Å². The molecule has 2 rings (SSSR count). The predicted octanol–water partition coefficient (Wildman–Crippen LogP) is 3.06. The first-order valence-corrected chi connectivity index (χ1v) is 6.75. The van der Waals surface area contributed by atoms with E-state index in [0.717, 1.165) is 11.4 Å². The number of hydrogen-bond donors (Lipinski definition) is 1. The van der Waals surface area contributed by atoms with Crippen molar-refractivity contribution < 1.29 is 0 Å². The lowest BCUT2D eigenvalue weighted by Crippen LogP contribution is -2.22. The minimum absolute atomic E-state index is 0.141. The van der Waals surface area contributed by atoms with Crippen LogP contribution in [0.5, 0.6) is 0 Å². The van der Waals surface area contributed by atoms with Crippen LogP contribution < -0.4 is 5.73 Å². The minimum atomic E-state index is 0.141. The molecule has 0 aliphatic heterocycles. The van der Waals surface area contributed by atoms with Gasteiger partial charge in [-0.1, -0.05) is 25.7 Å². The number of hydrogen-bond acceptors (Lipinski definition) is 3. The van der Waals surface area contributed by atoms with E-state index in [0.29, 0.717) is 5.92 Å². The highest BCUT2D eigenvalue weighted by atomic mass is 15.1. The zero-order chi connectivity index (χ0) is 12.3. The molecule has 3 nitrogen and oxygen atoms in total. The quantitative estimate of drug-likeness (QED) is 0.799. The van der Waals surface area contributed by atoms with E-state index >= 15 is 0 Å². The molecule has 1 aliphatic carbocycles. The summed E-state index contributed by atoms with van der Waals surface area (Å²) in [5, 5.41) is 8.27. The summed E-state index contributed by atoms with van der Waals surface area (Å²) in [5.41, 5.74) is 9.60. The fourth-order valence-corrected chi connectivity index (χ4v) is 2.83. The van der Waals surface area contributed by atoms with Gasteiger partial charge < -0.3 is 5.73 Å². The van der Waals surface area contributed by atoms with Gasteiger partial charge in [0.05, 0.1) is 11.4 Å². The van der Waals surface area contributed by atoms with Gasteiger partial charge in [-0.25, -0.2) is 0 Å². The Bertz CT molecular complexity index is 368. The summed E-state index contributed by atoms with van der Waals surface area (Å²) in [4.78, 5) is 0. The predicted molar refractivity (Wildman–Crippen MR) is 69.6 cm³/mol. The van der Waals surface area contributed by atoms with Crippen molar-refractivity contribution in [2.75, 3.05) is 0 Å². The van der Waals surface area contributed by atoms with Crippen LogP contribution >= 0.6 is 0 Å². The van der Waals surface area contributed by atoms with Gasteiger partial charge in [0, 0.05) is 6.04 Å². The Kier molecular flexibility index (Phi) is 4.11. The number of nitrogens with two attached hydrogens (primary N) is 1. The molecular formula is C14H23N3. The number of rotatable bonds is 2. The maximum atomic E-state index is 6.44. The summed E-state index contributed by atoms with van der Waals surface area (Å²) in [6.45, 7) is 3.99. The zero-order valence-corrected chi connectivity index (χ0v) is 10.9. The summed E-state index contributed by atoms with van der Waals surface area (Å²) in [5.74, 6) is 0.625. The standard InChI is InChI=1S/C14H23N3/c1-10-9-13(11(2)17-16-10)14(15)12-7-5-3-4-6-8-12/h9,12,14H,3-8,15H2,1-2H3. The SMILES string of the molecule is Cc1cc(C(N)C2CCCCCC2)c(C)nn1. The fourth-order valence-electron chi connectivity index (χ4n) is 2.83. The summed E-state index contributed by atoms with van der Waals surface area (Å²) in [7, 11) is 0. The van der Waals surface area contributed by atoms with Crippen molar-refractivity contribution in [2.45, 2.75) is 58.4 Å². The van der Waals surface area contributed by atoms with Gasteiger partial charge in [0.15, 0.2) is 0 Å². The average molecular weight is 233 g/mol. The summed E-state index contributed by atoms with van der Waals surface area (Å²) >= 11 is 0. The van der Waals surface area contributed by atoms with Gasteiger partial charge in [-0.2, -0.15) is 10.2 Å². The molecule has 1 aliphatic rings. The Morgan fingerprint density at radius 2 is 1.76 bits per heavy atom. The smallest absolute Gasteiger partial charge is 0.0648 e. The van der Waals surface area contributed by atoms with Gasteiger partial charge in [-0.05, 0) is 44.2 Å². The first-order chi connectivity index (χ1) is 8.18. The van der Waals surface area contributed by atoms with Crippen molar-refractivity contribution in [1.29, 1.82) is 0 Å². The van der Waals surface area contributed by atoms with Crippen LogP contribution in [0.25, 0.3) is 0 Å². The molecule has 0 saturated heterocycles. The molecule has 1 fully saturated rings. The van der Waals surface area contributed by atoms with Crippen molar-refractivity contribution in [2.24, 2.45) is 11.7 Å². The molecule has 2 N–H and O–H groups in total. The average Bonchev–Trinajstić information content (AvgIpc) is 2.60. The molecule has 0 radical (unpaired) electrons. The molecule has 94 valence electrons. The van der Waals surface area contributed by atoms with Crippen LogP contribution in [0.3, 0.4) is 0 Å². The van der Waals surface area contributed by atoms with Crippen molar-refractivity contribution in [3.05, 3.63) is 23.0 Å². The number of nitrogens with zero attached hydrogens (tertiary/aromatic N) is 2. The Morgan fingerprint density at radius 1 is 1.12 bits per heavy atom. The summed E-state index contributed by atoms with van der Waals surface area (Å²) < 4.78 is 0. The van der Waals surface area contributed by atoms with Crippen molar-refractivity contribution >= 4 is 0 Å². The van der Waals surface area contributed by atoms with Crippen molar-refractivity contribution in [1.82, 2.24) is 10.2 Å². The Labute approximate surface area is 104 Å². The van der Waals surface area contributed by atoms with Gasteiger partial charge in [0.1, 0.15) is 0 Å².